The number of hydrogen-bond donors (Lipinski definition) is 3. The standard InChI is InChI=1S/C32H43NO12.C4H7NO5/c1-18-13-22-21-9-8-19-14-20(34)10-11-31(19,2)29(21)23(35)16-32(22,3)28(18)24(36)17-43-27(38)15-25(30(39)40)45-26(37)7-5-4-6-12-44-33(41)42;6-4(7)2-1-3-10-5(8)9/h10-11,14,18,21-23,25,28-29,35H,4-9,12-13,15-17H2,1-3H3,(H,39,40);1-3H2,(H,6,7)/t18-,21?,22?,23?,25?,28?,29?,31?,32?;/m1./s1. The largest absolute Gasteiger partial charge is 0.481 e. The zero-order chi connectivity index (χ0) is 41.1. The van der Waals surface area contributed by atoms with E-state index in [-0.39, 0.29) is 74.1 Å². The smallest absolute Gasteiger partial charge is 0.345 e. The van der Waals surface area contributed by atoms with Crippen LogP contribution < -0.4 is 0 Å². The van der Waals surface area contributed by atoms with Crippen molar-refractivity contribution >= 4 is 35.4 Å². The summed E-state index contributed by atoms with van der Waals surface area (Å²) in [7, 11) is 0. The summed E-state index contributed by atoms with van der Waals surface area (Å²) in [5.74, 6) is -4.92. The molecule has 3 N–H and O–H groups in total. The topological polar surface area (TPSA) is 286 Å². The summed E-state index contributed by atoms with van der Waals surface area (Å²) >= 11 is 0. The third kappa shape index (κ3) is 11.8. The molecule has 4 aliphatic rings. The fourth-order valence-electron chi connectivity index (χ4n) is 9.28. The van der Waals surface area contributed by atoms with Crippen LogP contribution in [0.15, 0.2) is 23.8 Å². The lowest BCUT2D eigenvalue weighted by Gasteiger charge is -2.58. The number of carbonyl (C=O) groups is 6. The van der Waals surface area contributed by atoms with E-state index in [4.69, 9.17) is 14.6 Å². The van der Waals surface area contributed by atoms with Gasteiger partial charge in [0.05, 0.1) is 25.7 Å². The molecule has 0 aromatic heterocycles. The minimum absolute atomic E-state index is 0.0239. The third-order valence-corrected chi connectivity index (χ3v) is 11.4. The van der Waals surface area contributed by atoms with Crippen molar-refractivity contribution in [1.29, 1.82) is 0 Å². The van der Waals surface area contributed by atoms with Crippen LogP contribution in [0.2, 0.25) is 0 Å². The molecule has 0 aromatic carbocycles. The molecule has 3 saturated carbocycles. The summed E-state index contributed by atoms with van der Waals surface area (Å²) in [6.45, 7) is 5.30. The van der Waals surface area contributed by atoms with Gasteiger partial charge in [0.25, 0.3) is 10.2 Å². The van der Waals surface area contributed by atoms with E-state index >= 15 is 0 Å². The van der Waals surface area contributed by atoms with Crippen LogP contribution in [0.4, 0.5) is 0 Å². The van der Waals surface area contributed by atoms with Crippen molar-refractivity contribution in [2.45, 2.75) is 104 Å². The number of unbranched alkanes of at least 4 members (excludes halogenated alkanes) is 2. The van der Waals surface area contributed by atoms with Crippen LogP contribution >= 0.6 is 0 Å². The summed E-state index contributed by atoms with van der Waals surface area (Å²) in [6, 6.07) is 0. The predicted octanol–water partition coefficient (Wildman–Crippen LogP) is 3.45. The minimum atomic E-state index is -1.79. The van der Waals surface area contributed by atoms with Crippen molar-refractivity contribution in [3.63, 3.8) is 0 Å². The second-order valence-electron chi connectivity index (χ2n) is 15.1. The lowest BCUT2D eigenvalue weighted by Crippen LogP contribution is -2.56. The molecule has 306 valence electrons. The van der Waals surface area contributed by atoms with Crippen molar-refractivity contribution < 1.29 is 73.4 Å². The van der Waals surface area contributed by atoms with Crippen molar-refractivity contribution in [2.24, 2.45) is 40.4 Å². The average molecular weight is 783 g/mol. The first-order valence-electron chi connectivity index (χ1n) is 18.3. The van der Waals surface area contributed by atoms with E-state index in [2.05, 4.69) is 16.6 Å². The number of nitrogens with zero attached hydrogens (tertiary/aromatic N) is 2. The van der Waals surface area contributed by atoms with Gasteiger partial charge in [-0.3, -0.25) is 24.0 Å². The molecule has 3 fully saturated rings. The fourth-order valence-corrected chi connectivity index (χ4v) is 9.28. The second kappa shape index (κ2) is 19.6. The lowest BCUT2D eigenvalue weighted by atomic mass is 9.46. The molecule has 4 aliphatic carbocycles. The number of carbonyl (C=O) groups excluding carboxylic acids is 4. The Morgan fingerprint density at radius 1 is 0.964 bits per heavy atom. The highest BCUT2D eigenvalue weighted by Crippen LogP contribution is 2.67. The van der Waals surface area contributed by atoms with E-state index in [0.29, 0.717) is 19.3 Å². The first-order valence-corrected chi connectivity index (χ1v) is 18.3. The second-order valence-corrected chi connectivity index (χ2v) is 15.1. The van der Waals surface area contributed by atoms with Crippen LogP contribution in [0.25, 0.3) is 0 Å². The van der Waals surface area contributed by atoms with Gasteiger partial charge < -0.3 is 34.5 Å². The van der Waals surface area contributed by atoms with Crippen LogP contribution in [0.3, 0.4) is 0 Å². The maximum Gasteiger partial charge on any atom is 0.345 e. The monoisotopic (exact) mass is 782 g/mol. The van der Waals surface area contributed by atoms with Gasteiger partial charge in [0.2, 0.25) is 6.10 Å². The van der Waals surface area contributed by atoms with Gasteiger partial charge in [-0.2, -0.15) is 0 Å². The van der Waals surface area contributed by atoms with Gasteiger partial charge >= 0.3 is 23.9 Å². The Morgan fingerprint density at radius 3 is 2.24 bits per heavy atom. The maximum atomic E-state index is 13.6. The summed E-state index contributed by atoms with van der Waals surface area (Å²) in [5, 5.41) is 46.8. The number of aliphatic hydroxyl groups excluding tert-OH is 1. The summed E-state index contributed by atoms with van der Waals surface area (Å²) < 4.78 is 10.1. The molecule has 0 amide bonds. The predicted molar refractivity (Wildman–Crippen MR) is 185 cm³/mol. The molecular weight excluding hydrogens is 732 g/mol. The number of aliphatic hydroxyl groups is 1. The van der Waals surface area contributed by atoms with Gasteiger partial charge in [-0.25, -0.2) is 4.79 Å². The van der Waals surface area contributed by atoms with Gasteiger partial charge in [0, 0.05) is 30.1 Å². The molecular formula is C36H50N2O17. The van der Waals surface area contributed by atoms with Gasteiger partial charge in [-0.05, 0) is 80.3 Å². The molecule has 8 unspecified atom stereocenters. The Kier molecular flexibility index (Phi) is 15.8. The molecule has 4 rings (SSSR count). The number of fused-ring (bicyclic) bond motifs is 5. The summed E-state index contributed by atoms with van der Waals surface area (Å²) in [4.78, 5) is 99.4. The number of esters is 2. The number of carboxylic acid groups (broad SMARTS) is 2. The van der Waals surface area contributed by atoms with E-state index in [1.165, 1.54) is 0 Å². The first kappa shape index (κ1) is 44.5. The normalized spacial score (nSPS) is 29.4. The summed E-state index contributed by atoms with van der Waals surface area (Å²) in [6.07, 6.45) is 5.68. The molecule has 0 bridgehead atoms. The highest BCUT2D eigenvalue weighted by atomic mass is 17.0. The van der Waals surface area contributed by atoms with E-state index in [1.807, 2.05) is 19.9 Å². The number of aliphatic carboxylic acids is 2. The van der Waals surface area contributed by atoms with E-state index in [1.54, 1.807) is 12.2 Å². The van der Waals surface area contributed by atoms with E-state index < -0.39 is 76.0 Å². The maximum absolute atomic E-state index is 13.6. The molecule has 0 saturated heterocycles. The van der Waals surface area contributed by atoms with Crippen molar-refractivity contribution in [1.82, 2.24) is 0 Å². The highest BCUT2D eigenvalue weighted by molar-refractivity contribution is 6.01. The Morgan fingerprint density at radius 2 is 1.62 bits per heavy atom. The number of ketones is 2. The Balaban J connectivity index is 0.000000712. The Labute approximate surface area is 316 Å². The Bertz CT molecular complexity index is 1530. The number of Topliss-reactive ketones (excluding diaryl/α,β-unsaturated/α-hetero) is 1. The molecule has 0 heterocycles. The van der Waals surface area contributed by atoms with Gasteiger partial charge in [0.1, 0.15) is 6.61 Å². The van der Waals surface area contributed by atoms with Crippen LogP contribution in [0.1, 0.15) is 91.4 Å². The van der Waals surface area contributed by atoms with Crippen LogP contribution in [-0.2, 0) is 47.9 Å². The fraction of sp³-hybridized carbons (Fsp3) is 0.722. The molecule has 9 atom stereocenters. The van der Waals surface area contributed by atoms with Crippen molar-refractivity contribution in [3.8, 4) is 0 Å². The SMILES string of the molecule is C[C@@H]1CC2C3CCC4=CC(=O)C=CC4(C)C3C(O)CC2(C)C1C(=O)COC(=O)CC(OC(=O)CCCCCO[N+](=O)[O-])C(=O)O.O=C(O)CCCO[N+](=O)[O-]. The number of hydrogen-bond acceptors (Lipinski definition) is 15. The molecule has 19 heteroatoms. The molecule has 0 aromatic rings. The summed E-state index contributed by atoms with van der Waals surface area (Å²) in [5.41, 5.74) is 0.107. The number of carboxylic acids is 2. The van der Waals surface area contributed by atoms with Gasteiger partial charge in [0.15, 0.2) is 11.6 Å². The zero-order valence-electron chi connectivity index (χ0n) is 31.1. The first-order chi connectivity index (χ1) is 25.8. The van der Waals surface area contributed by atoms with Crippen LogP contribution in [0.5, 0.6) is 0 Å². The third-order valence-electron chi connectivity index (χ3n) is 11.4. The Hall–Kier alpha value is -4.94. The van der Waals surface area contributed by atoms with E-state index in [0.717, 1.165) is 24.8 Å². The van der Waals surface area contributed by atoms with E-state index in [9.17, 15) is 59.2 Å². The highest BCUT2D eigenvalue weighted by Gasteiger charge is 2.64. The quantitative estimate of drug-likeness (QED) is 0.0731. The van der Waals surface area contributed by atoms with Gasteiger partial charge in [-0.1, -0.05) is 38.8 Å². The molecule has 19 nitrogen and oxygen atoms in total. The van der Waals surface area contributed by atoms with Crippen molar-refractivity contribution in [2.75, 3.05) is 19.8 Å². The zero-order valence-corrected chi connectivity index (χ0v) is 31.1. The van der Waals surface area contributed by atoms with Crippen molar-refractivity contribution in [3.05, 3.63) is 44.0 Å². The molecule has 0 radical (unpaired) electrons. The molecule has 0 aliphatic heterocycles. The number of allylic oxidation sites excluding steroid dienone is 4. The molecule has 0 spiro atoms. The number of ether oxygens (including phenoxy) is 2. The lowest BCUT2D eigenvalue weighted by molar-refractivity contribution is -0.757. The molecule has 55 heavy (non-hydrogen) atoms. The van der Waals surface area contributed by atoms with Crippen LogP contribution in [0, 0.1) is 60.6 Å². The van der Waals surface area contributed by atoms with Gasteiger partial charge in [-0.15, -0.1) is 20.2 Å². The minimum Gasteiger partial charge on any atom is -0.481 e. The average Bonchev–Trinajstić information content (AvgIpc) is 3.36. The number of rotatable bonds is 19. The van der Waals surface area contributed by atoms with Crippen LogP contribution in [-0.4, -0.2) is 93.0 Å².